The van der Waals surface area contributed by atoms with Gasteiger partial charge in [0, 0.05) is 12.0 Å². The average molecular weight is 155 g/mol. The Kier molecular flexibility index (Phi) is 2.33. The summed E-state index contributed by atoms with van der Waals surface area (Å²) in [6.07, 6.45) is 3.17. The van der Waals surface area contributed by atoms with Crippen molar-refractivity contribution < 1.29 is 4.79 Å². The minimum Gasteiger partial charge on any atom is -0.298 e. The van der Waals surface area contributed by atoms with Crippen LogP contribution >= 0.6 is 0 Å². The molecule has 1 rings (SSSR count). The largest absolute Gasteiger partial charge is 0.298 e. The van der Waals surface area contributed by atoms with Gasteiger partial charge in [0.25, 0.3) is 0 Å². The molecular formula is C9H17NO. The first-order valence-corrected chi connectivity index (χ1v) is 4.31. The van der Waals surface area contributed by atoms with Crippen LogP contribution in [0.15, 0.2) is 0 Å². The molecule has 1 saturated carbocycles. The topological polar surface area (TPSA) is 20.3 Å². The predicted octanol–water partition coefficient (Wildman–Crippen LogP) is 1.45. The van der Waals surface area contributed by atoms with Crippen molar-refractivity contribution >= 4 is 5.78 Å². The molecule has 0 atom stereocenters. The Bertz CT molecular complexity index is 161. The molecule has 0 N–H and O–H groups in total. The van der Waals surface area contributed by atoms with E-state index in [2.05, 4.69) is 11.8 Å². The van der Waals surface area contributed by atoms with E-state index < -0.39 is 0 Å². The van der Waals surface area contributed by atoms with Crippen LogP contribution in [-0.2, 0) is 4.79 Å². The van der Waals surface area contributed by atoms with E-state index in [4.69, 9.17) is 0 Å². The maximum absolute atomic E-state index is 11.1. The zero-order chi connectivity index (χ0) is 8.48. The van der Waals surface area contributed by atoms with E-state index >= 15 is 0 Å². The van der Waals surface area contributed by atoms with Gasteiger partial charge in [-0.05, 0) is 26.8 Å². The Hall–Kier alpha value is -0.370. The molecule has 1 aliphatic carbocycles. The van der Waals surface area contributed by atoms with E-state index in [1.54, 1.807) is 0 Å². The van der Waals surface area contributed by atoms with Crippen LogP contribution in [0.2, 0.25) is 0 Å². The van der Waals surface area contributed by atoms with Crippen molar-refractivity contribution in [3.05, 3.63) is 0 Å². The average Bonchev–Trinajstić information content (AvgIpc) is 2.69. The number of likely N-dealkylation sites (N-methyl/N-ethyl adjacent to an activating group) is 1. The lowest BCUT2D eigenvalue weighted by atomic mass is 10.2. The molecule has 0 aromatic carbocycles. The smallest absolute Gasteiger partial charge is 0.146 e. The highest BCUT2D eigenvalue weighted by molar-refractivity contribution is 5.80. The molecule has 0 heterocycles. The molecule has 0 bridgehead atoms. The molecule has 0 spiro atoms. The number of nitrogens with zero attached hydrogens (tertiary/aromatic N) is 1. The van der Waals surface area contributed by atoms with E-state index in [0.717, 1.165) is 0 Å². The first-order valence-electron chi connectivity index (χ1n) is 4.31. The lowest BCUT2D eigenvalue weighted by Gasteiger charge is -2.22. The van der Waals surface area contributed by atoms with Gasteiger partial charge in [-0.25, -0.2) is 0 Å². The standard InChI is InChI=1S/C9H17NO/c1-4-8(11)7-10(3)9(2)5-6-9/h4-7H2,1-3H3. The van der Waals surface area contributed by atoms with Crippen LogP contribution in [0.1, 0.15) is 33.1 Å². The van der Waals surface area contributed by atoms with Gasteiger partial charge in [-0.1, -0.05) is 6.92 Å². The molecular weight excluding hydrogens is 138 g/mol. The zero-order valence-corrected chi connectivity index (χ0v) is 7.68. The number of hydrogen-bond acceptors (Lipinski definition) is 2. The van der Waals surface area contributed by atoms with Gasteiger partial charge in [-0.3, -0.25) is 9.69 Å². The molecule has 0 aromatic heterocycles. The molecule has 11 heavy (non-hydrogen) atoms. The monoisotopic (exact) mass is 155 g/mol. The van der Waals surface area contributed by atoms with Crippen molar-refractivity contribution in [1.29, 1.82) is 0 Å². The van der Waals surface area contributed by atoms with Crippen LogP contribution in [0.4, 0.5) is 0 Å². The fourth-order valence-electron chi connectivity index (χ4n) is 1.13. The molecule has 2 nitrogen and oxygen atoms in total. The summed E-state index contributed by atoms with van der Waals surface area (Å²) < 4.78 is 0. The van der Waals surface area contributed by atoms with Crippen molar-refractivity contribution in [3.8, 4) is 0 Å². The summed E-state index contributed by atoms with van der Waals surface area (Å²) in [6, 6.07) is 0. The van der Waals surface area contributed by atoms with Gasteiger partial charge >= 0.3 is 0 Å². The summed E-state index contributed by atoms with van der Waals surface area (Å²) in [5.74, 6) is 0.348. The summed E-state index contributed by atoms with van der Waals surface area (Å²) in [4.78, 5) is 13.2. The van der Waals surface area contributed by atoms with E-state index in [9.17, 15) is 4.79 Å². The first-order chi connectivity index (χ1) is 5.08. The third-order valence-electron chi connectivity index (χ3n) is 2.70. The van der Waals surface area contributed by atoms with Crippen molar-refractivity contribution in [2.75, 3.05) is 13.6 Å². The highest BCUT2D eigenvalue weighted by Crippen LogP contribution is 2.39. The van der Waals surface area contributed by atoms with Crippen LogP contribution < -0.4 is 0 Å². The summed E-state index contributed by atoms with van der Waals surface area (Å²) >= 11 is 0. The van der Waals surface area contributed by atoms with Gasteiger partial charge in [0.2, 0.25) is 0 Å². The molecule has 0 unspecified atom stereocenters. The second kappa shape index (κ2) is 2.94. The van der Waals surface area contributed by atoms with E-state index in [-0.39, 0.29) is 0 Å². The normalized spacial score (nSPS) is 20.4. The summed E-state index contributed by atoms with van der Waals surface area (Å²) in [5, 5.41) is 0. The van der Waals surface area contributed by atoms with Gasteiger partial charge in [-0.15, -0.1) is 0 Å². The Morgan fingerprint density at radius 3 is 2.45 bits per heavy atom. The van der Waals surface area contributed by atoms with Crippen molar-refractivity contribution in [3.63, 3.8) is 0 Å². The summed E-state index contributed by atoms with van der Waals surface area (Å²) in [5.41, 5.74) is 0.352. The summed E-state index contributed by atoms with van der Waals surface area (Å²) in [7, 11) is 2.04. The molecule has 2 heteroatoms. The van der Waals surface area contributed by atoms with Crippen LogP contribution in [0.25, 0.3) is 0 Å². The van der Waals surface area contributed by atoms with Crippen molar-refractivity contribution in [1.82, 2.24) is 4.90 Å². The van der Waals surface area contributed by atoms with Crippen LogP contribution in [0.3, 0.4) is 0 Å². The number of carbonyl (C=O) groups is 1. The predicted molar refractivity (Wildman–Crippen MR) is 45.6 cm³/mol. The lowest BCUT2D eigenvalue weighted by molar-refractivity contribution is -0.120. The second-order valence-corrected chi connectivity index (χ2v) is 3.75. The third kappa shape index (κ3) is 2.03. The Morgan fingerprint density at radius 2 is 2.09 bits per heavy atom. The highest BCUT2D eigenvalue weighted by atomic mass is 16.1. The van der Waals surface area contributed by atoms with E-state index in [0.29, 0.717) is 24.3 Å². The third-order valence-corrected chi connectivity index (χ3v) is 2.70. The quantitative estimate of drug-likeness (QED) is 0.612. The molecule has 0 aromatic rings. The molecule has 64 valence electrons. The number of rotatable bonds is 4. The molecule has 0 saturated heterocycles. The van der Waals surface area contributed by atoms with Crippen molar-refractivity contribution in [2.45, 2.75) is 38.6 Å². The molecule has 0 aliphatic heterocycles. The Morgan fingerprint density at radius 1 is 1.55 bits per heavy atom. The summed E-state index contributed by atoms with van der Waals surface area (Å²) in [6.45, 7) is 4.77. The van der Waals surface area contributed by atoms with Gasteiger partial charge in [0.1, 0.15) is 5.78 Å². The van der Waals surface area contributed by atoms with Crippen LogP contribution in [-0.4, -0.2) is 29.8 Å². The zero-order valence-electron chi connectivity index (χ0n) is 7.68. The highest BCUT2D eigenvalue weighted by Gasteiger charge is 2.41. The number of carbonyl (C=O) groups excluding carboxylic acids is 1. The Labute approximate surface area is 68.6 Å². The minimum atomic E-state index is 0.348. The molecule has 0 amide bonds. The fourth-order valence-corrected chi connectivity index (χ4v) is 1.13. The minimum absolute atomic E-state index is 0.348. The van der Waals surface area contributed by atoms with Gasteiger partial charge in [0.05, 0.1) is 6.54 Å². The van der Waals surface area contributed by atoms with Crippen LogP contribution in [0.5, 0.6) is 0 Å². The van der Waals surface area contributed by atoms with Crippen LogP contribution in [0, 0.1) is 0 Å². The van der Waals surface area contributed by atoms with E-state index in [1.807, 2.05) is 14.0 Å². The SMILES string of the molecule is CCC(=O)CN(C)C1(C)CC1. The Balaban J connectivity index is 2.31. The van der Waals surface area contributed by atoms with Crippen molar-refractivity contribution in [2.24, 2.45) is 0 Å². The lowest BCUT2D eigenvalue weighted by Crippen LogP contribution is -2.35. The number of ketones is 1. The molecule has 1 aliphatic rings. The molecule has 0 radical (unpaired) electrons. The first kappa shape index (κ1) is 8.72. The number of Topliss-reactive ketones (excluding diaryl/α,β-unsaturated/α-hetero) is 1. The van der Waals surface area contributed by atoms with Gasteiger partial charge < -0.3 is 0 Å². The maximum Gasteiger partial charge on any atom is 0.146 e. The maximum atomic E-state index is 11.1. The fraction of sp³-hybridized carbons (Fsp3) is 0.889. The second-order valence-electron chi connectivity index (χ2n) is 3.75. The van der Waals surface area contributed by atoms with Gasteiger partial charge in [0.15, 0.2) is 0 Å². The number of hydrogen-bond donors (Lipinski definition) is 0. The molecule has 1 fully saturated rings. The van der Waals surface area contributed by atoms with E-state index in [1.165, 1.54) is 12.8 Å². The van der Waals surface area contributed by atoms with Gasteiger partial charge in [-0.2, -0.15) is 0 Å².